The van der Waals surface area contributed by atoms with Crippen molar-refractivity contribution >= 4 is 11.7 Å². The van der Waals surface area contributed by atoms with Crippen LogP contribution in [0.15, 0.2) is 18.2 Å². The molecule has 1 aromatic rings. The first kappa shape index (κ1) is 11.9. The molecular formula is C13H16FNO2. The quantitative estimate of drug-likeness (QED) is 0.874. The normalized spacial score (nSPS) is 14.5. The molecule has 1 aliphatic heterocycles. The number of carboxylic acid groups (broad SMARTS) is 1. The van der Waals surface area contributed by atoms with Gasteiger partial charge in [-0.15, -0.1) is 0 Å². The molecule has 0 aromatic heterocycles. The Labute approximate surface area is 99.9 Å². The zero-order valence-corrected chi connectivity index (χ0v) is 9.66. The summed E-state index contributed by atoms with van der Waals surface area (Å²) < 4.78 is 13.7. The highest BCUT2D eigenvalue weighted by atomic mass is 19.1. The number of carbonyl (C=O) groups is 1. The summed E-state index contributed by atoms with van der Waals surface area (Å²) in [7, 11) is 0. The average molecular weight is 237 g/mol. The number of hydrogen-bond donors (Lipinski definition) is 1. The van der Waals surface area contributed by atoms with Gasteiger partial charge in [-0.05, 0) is 30.9 Å². The van der Waals surface area contributed by atoms with E-state index in [1.807, 2.05) is 11.0 Å². The molecule has 0 radical (unpaired) electrons. The first-order valence-electron chi connectivity index (χ1n) is 5.92. The van der Waals surface area contributed by atoms with Crippen molar-refractivity contribution in [2.45, 2.75) is 25.7 Å². The van der Waals surface area contributed by atoms with Crippen molar-refractivity contribution in [3.05, 3.63) is 29.6 Å². The molecule has 0 aliphatic carbocycles. The van der Waals surface area contributed by atoms with Crippen molar-refractivity contribution in [3.8, 4) is 0 Å². The van der Waals surface area contributed by atoms with Crippen molar-refractivity contribution < 1.29 is 14.3 Å². The van der Waals surface area contributed by atoms with E-state index in [-0.39, 0.29) is 12.2 Å². The SMILES string of the molecule is O=C(O)CCCN1CCCc2cccc(F)c21. The summed E-state index contributed by atoms with van der Waals surface area (Å²) in [6, 6.07) is 5.14. The van der Waals surface area contributed by atoms with Crippen LogP contribution in [-0.2, 0) is 11.2 Å². The van der Waals surface area contributed by atoms with Gasteiger partial charge in [-0.2, -0.15) is 0 Å². The molecule has 1 N–H and O–H groups in total. The molecule has 0 spiro atoms. The summed E-state index contributed by atoms with van der Waals surface area (Å²) in [4.78, 5) is 12.4. The molecule has 1 aliphatic rings. The van der Waals surface area contributed by atoms with Crippen molar-refractivity contribution in [3.63, 3.8) is 0 Å². The van der Waals surface area contributed by atoms with Gasteiger partial charge in [0.25, 0.3) is 0 Å². The molecular weight excluding hydrogens is 221 g/mol. The van der Waals surface area contributed by atoms with Gasteiger partial charge in [-0.3, -0.25) is 4.79 Å². The molecule has 2 rings (SSSR count). The van der Waals surface area contributed by atoms with Crippen LogP contribution in [-0.4, -0.2) is 24.2 Å². The predicted molar refractivity (Wildman–Crippen MR) is 63.8 cm³/mol. The van der Waals surface area contributed by atoms with Crippen LogP contribution in [0.3, 0.4) is 0 Å². The summed E-state index contributed by atoms with van der Waals surface area (Å²) in [5.74, 6) is -0.992. The molecule has 0 amide bonds. The summed E-state index contributed by atoms with van der Waals surface area (Å²) in [5.41, 5.74) is 1.70. The second-order valence-corrected chi connectivity index (χ2v) is 4.34. The smallest absolute Gasteiger partial charge is 0.303 e. The van der Waals surface area contributed by atoms with Crippen LogP contribution in [0.5, 0.6) is 0 Å². The molecule has 4 heteroatoms. The minimum absolute atomic E-state index is 0.139. The fraction of sp³-hybridized carbons (Fsp3) is 0.462. The summed E-state index contributed by atoms with van der Waals surface area (Å²) in [5, 5.41) is 8.60. The molecule has 1 heterocycles. The Morgan fingerprint density at radius 2 is 2.29 bits per heavy atom. The molecule has 1 aromatic carbocycles. The number of aryl methyl sites for hydroxylation is 1. The van der Waals surface area contributed by atoms with Gasteiger partial charge in [0.15, 0.2) is 0 Å². The Bertz CT molecular complexity index is 420. The number of benzene rings is 1. The van der Waals surface area contributed by atoms with Gasteiger partial charge in [0.05, 0.1) is 5.69 Å². The van der Waals surface area contributed by atoms with Crippen LogP contribution in [0.2, 0.25) is 0 Å². The van der Waals surface area contributed by atoms with Crippen molar-refractivity contribution in [1.82, 2.24) is 0 Å². The molecule has 0 atom stereocenters. The average Bonchev–Trinajstić information content (AvgIpc) is 2.29. The summed E-state index contributed by atoms with van der Waals surface area (Å²) >= 11 is 0. The maximum absolute atomic E-state index is 13.7. The number of anilines is 1. The van der Waals surface area contributed by atoms with E-state index in [4.69, 9.17) is 5.11 Å². The number of carboxylic acids is 1. The molecule has 0 saturated heterocycles. The molecule has 0 unspecified atom stereocenters. The van der Waals surface area contributed by atoms with Crippen LogP contribution < -0.4 is 4.90 Å². The highest BCUT2D eigenvalue weighted by Crippen LogP contribution is 2.29. The minimum atomic E-state index is -0.796. The maximum atomic E-state index is 13.7. The monoisotopic (exact) mass is 237 g/mol. The van der Waals surface area contributed by atoms with E-state index in [0.29, 0.717) is 18.7 Å². The number of halogens is 1. The summed E-state index contributed by atoms with van der Waals surface area (Å²) in [6.45, 7) is 1.42. The third-order valence-corrected chi connectivity index (χ3v) is 3.08. The van der Waals surface area contributed by atoms with Gasteiger partial charge in [0, 0.05) is 19.5 Å². The van der Waals surface area contributed by atoms with Gasteiger partial charge < -0.3 is 10.0 Å². The second kappa shape index (κ2) is 5.17. The molecule has 0 saturated carbocycles. The fourth-order valence-corrected chi connectivity index (χ4v) is 2.33. The van der Waals surface area contributed by atoms with E-state index in [0.717, 1.165) is 24.9 Å². The van der Waals surface area contributed by atoms with Gasteiger partial charge in [0.1, 0.15) is 5.82 Å². The van der Waals surface area contributed by atoms with E-state index >= 15 is 0 Å². The lowest BCUT2D eigenvalue weighted by Gasteiger charge is -2.31. The lowest BCUT2D eigenvalue weighted by Crippen LogP contribution is -2.31. The maximum Gasteiger partial charge on any atom is 0.303 e. The van der Waals surface area contributed by atoms with Crippen molar-refractivity contribution in [2.75, 3.05) is 18.0 Å². The Kier molecular flexibility index (Phi) is 3.61. The lowest BCUT2D eigenvalue weighted by molar-refractivity contribution is -0.137. The first-order valence-corrected chi connectivity index (χ1v) is 5.92. The predicted octanol–water partition coefficient (Wildman–Crippen LogP) is 2.44. The molecule has 0 bridgehead atoms. The molecule has 92 valence electrons. The van der Waals surface area contributed by atoms with Crippen LogP contribution in [0.4, 0.5) is 10.1 Å². The fourth-order valence-electron chi connectivity index (χ4n) is 2.33. The number of fused-ring (bicyclic) bond motifs is 1. The number of hydrogen-bond acceptors (Lipinski definition) is 2. The van der Waals surface area contributed by atoms with Crippen LogP contribution in [0.25, 0.3) is 0 Å². The first-order chi connectivity index (χ1) is 8.18. The van der Waals surface area contributed by atoms with Gasteiger partial charge >= 0.3 is 5.97 Å². The molecule has 0 fully saturated rings. The third kappa shape index (κ3) is 2.75. The van der Waals surface area contributed by atoms with E-state index in [9.17, 15) is 9.18 Å². The topological polar surface area (TPSA) is 40.5 Å². The number of rotatable bonds is 4. The third-order valence-electron chi connectivity index (χ3n) is 3.08. The summed E-state index contributed by atoms with van der Waals surface area (Å²) in [6.07, 6.45) is 2.61. The molecule has 3 nitrogen and oxygen atoms in total. The van der Waals surface area contributed by atoms with Gasteiger partial charge in [0.2, 0.25) is 0 Å². The second-order valence-electron chi connectivity index (χ2n) is 4.34. The Hall–Kier alpha value is -1.58. The standard InChI is InChI=1S/C13H16FNO2/c14-11-6-1-4-10-5-2-8-15(13(10)11)9-3-7-12(16)17/h1,4,6H,2-3,5,7-9H2,(H,16,17). The zero-order chi connectivity index (χ0) is 12.3. The van der Waals surface area contributed by atoms with Crippen molar-refractivity contribution in [2.24, 2.45) is 0 Å². The van der Waals surface area contributed by atoms with Crippen LogP contribution in [0.1, 0.15) is 24.8 Å². The van der Waals surface area contributed by atoms with E-state index in [2.05, 4.69) is 0 Å². The zero-order valence-electron chi connectivity index (χ0n) is 9.66. The van der Waals surface area contributed by atoms with E-state index in [1.54, 1.807) is 6.07 Å². The van der Waals surface area contributed by atoms with Crippen LogP contribution >= 0.6 is 0 Å². The number of para-hydroxylation sites is 1. The largest absolute Gasteiger partial charge is 0.481 e. The number of nitrogens with zero attached hydrogens (tertiary/aromatic N) is 1. The van der Waals surface area contributed by atoms with Crippen molar-refractivity contribution in [1.29, 1.82) is 0 Å². The highest BCUT2D eigenvalue weighted by molar-refractivity contribution is 5.66. The molecule has 17 heavy (non-hydrogen) atoms. The Morgan fingerprint density at radius 3 is 3.06 bits per heavy atom. The van der Waals surface area contributed by atoms with E-state index < -0.39 is 5.97 Å². The number of aliphatic carboxylic acids is 1. The highest BCUT2D eigenvalue weighted by Gasteiger charge is 2.19. The Balaban J connectivity index is 2.08. The minimum Gasteiger partial charge on any atom is -0.481 e. The van der Waals surface area contributed by atoms with Crippen LogP contribution in [0, 0.1) is 5.82 Å². The van der Waals surface area contributed by atoms with Gasteiger partial charge in [-0.1, -0.05) is 12.1 Å². The Morgan fingerprint density at radius 1 is 1.47 bits per heavy atom. The lowest BCUT2D eigenvalue weighted by atomic mass is 10.0. The van der Waals surface area contributed by atoms with Gasteiger partial charge in [-0.25, -0.2) is 4.39 Å². The van der Waals surface area contributed by atoms with E-state index in [1.165, 1.54) is 6.07 Å².